The molecular weight excluding hydrogens is 462 g/mol. The van der Waals surface area contributed by atoms with Gasteiger partial charge in [0.05, 0.1) is 17.6 Å². The molecular formula is C31H29N3O3. The number of carbonyl (C=O) groups excluding carboxylic acids is 1. The average molecular weight is 492 g/mol. The van der Waals surface area contributed by atoms with Crippen LogP contribution in [-0.2, 0) is 16.1 Å². The highest BCUT2D eigenvalue weighted by Gasteiger charge is 2.27. The lowest BCUT2D eigenvalue weighted by Crippen LogP contribution is -2.36. The van der Waals surface area contributed by atoms with Gasteiger partial charge in [0.1, 0.15) is 0 Å². The highest BCUT2D eigenvalue weighted by Crippen LogP contribution is 2.30. The fraction of sp³-hybridized carbons (Fsp3) is 0.226. The van der Waals surface area contributed by atoms with E-state index in [0.29, 0.717) is 6.54 Å². The predicted octanol–water partition coefficient (Wildman–Crippen LogP) is 6.51. The summed E-state index contributed by atoms with van der Waals surface area (Å²) in [6.07, 6.45) is 11.2. The SMILES string of the molecule is O=C(O)/C=C/c1cccc(N(Cc2ccc(-c3ccc4nccnc4c3)cc2)C(=O)C2CCCCC2)c1. The normalized spacial score (nSPS) is 14.2. The molecule has 0 bridgehead atoms. The maximum Gasteiger partial charge on any atom is 0.328 e. The average Bonchev–Trinajstić information content (AvgIpc) is 2.95. The van der Waals surface area contributed by atoms with Gasteiger partial charge in [-0.05, 0) is 65.4 Å². The summed E-state index contributed by atoms with van der Waals surface area (Å²) >= 11 is 0. The van der Waals surface area contributed by atoms with Gasteiger partial charge in [0.2, 0.25) is 5.91 Å². The van der Waals surface area contributed by atoms with E-state index in [9.17, 15) is 9.59 Å². The molecule has 1 amide bonds. The molecule has 6 nitrogen and oxygen atoms in total. The number of fused-ring (bicyclic) bond motifs is 1. The number of rotatable bonds is 7. The largest absolute Gasteiger partial charge is 0.478 e. The Morgan fingerprint density at radius 1 is 0.865 bits per heavy atom. The van der Waals surface area contributed by atoms with Gasteiger partial charge in [-0.2, -0.15) is 0 Å². The first-order chi connectivity index (χ1) is 18.1. The highest BCUT2D eigenvalue weighted by atomic mass is 16.4. The van der Waals surface area contributed by atoms with Gasteiger partial charge in [-0.25, -0.2) is 4.79 Å². The number of hydrogen-bond acceptors (Lipinski definition) is 4. The maximum absolute atomic E-state index is 13.7. The number of amides is 1. The van der Waals surface area contributed by atoms with E-state index in [4.69, 9.17) is 5.11 Å². The van der Waals surface area contributed by atoms with Crippen molar-refractivity contribution in [3.8, 4) is 11.1 Å². The first-order valence-corrected chi connectivity index (χ1v) is 12.7. The van der Waals surface area contributed by atoms with E-state index < -0.39 is 5.97 Å². The van der Waals surface area contributed by atoms with Crippen LogP contribution < -0.4 is 4.90 Å². The van der Waals surface area contributed by atoms with Gasteiger partial charge in [-0.15, -0.1) is 0 Å². The molecule has 0 spiro atoms. The first-order valence-electron chi connectivity index (χ1n) is 12.7. The molecule has 5 rings (SSSR count). The third-order valence-corrected chi connectivity index (χ3v) is 6.92. The minimum absolute atomic E-state index is 0.0185. The lowest BCUT2D eigenvalue weighted by Gasteiger charge is -2.30. The summed E-state index contributed by atoms with van der Waals surface area (Å²) in [4.78, 5) is 35.3. The van der Waals surface area contributed by atoms with Crippen molar-refractivity contribution in [3.05, 3.63) is 96.3 Å². The maximum atomic E-state index is 13.7. The van der Waals surface area contributed by atoms with Crippen LogP contribution in [0.3, 0.4) is 0 Å². The Morgan fingerprint density at radius 3 is 2.35 bits per heavy atom. The van der Waals surface area contributed by atoms with Crippen molar-refractivity contribution in [1.82, 2.24) is 9.97 Å². The Labute approximate surface area is 216 Å². The number of carboxylic acid groups (broad SMARTS) is 1. The van der Waals surface area contributed by atoms with Crippen LogP contribution in [0.15, 0.2) is 85.2 Å². The van der Waals surface area contributed by atoms with Crippen LogP contribution in [0.1, 0.15) is 43.2 Å². The predicted molar refractivity (Wildman–Crippen MR) is 146 cm³/mol. The third-order valence-electron chi connectivity index (χ3n) is 6.92. The molecule has 4 aromatic rings. The zero-order valence-electron chi connectivity index (χ0n) is 20.6. The van der Waals surface area contributed by atoms with Crippen molar-refractivity contribution >= 4 is 34.7 Å². The Bertz CT molecular complexity index is 1440. The number of aliphatic carboxylic acids is 1. The number of benzene rings is 3. The Morgan fingerprint density at radius 2 is 1.59 bits per heavy atom. The van der Waals surface area contributed by atoms with Crippen molar-refractivity contribution < 1.29 is 14.7 Å². The summed E-state index contributed by atoms with van der Waals surface area (Å²) in [6, 6.07) is 21.8. The van der Waals surface area contributed by atoms with Crippen LogP contribution in [0.5, 0.6) is 0 Å². The zero-order valence-corrected chi connectivity index (χ0v) is 20.6. The van der Waals surface area contributed by atoms with Crippen molar-refractivity contribution in [2.45, 2.75) is 38.6 Å². The quantitative estimate of drug-likeness (QED) is 0.298. The molecule has 1 aliphatic carbocycles. The summed E-state index contributed by atoms with van der Waals surface area (Å²) in [5.74, 6) is -0.847. The third kappa shape index (κ3) is 5.92. The Kier molecular flexibility index (Phi) is 7.36. The molecule has 186 valence electrons. The molecule has 0 aliphatic heterocycles. The summed E-state index contributed by atoms with van der Waals surface area (Å²) < 4.78 is 0. The minimum Gasteiger partial charge on any atom is -0.478 e. The van der Waals surface area contributed by atoms with Gasteiger partial charge >= 0.3 is 5.97 Å². The molecule has 1 aromatic heterocycles. The Balaban J connectivity index is 1.42. The van der Waals surface area contributed by atoms with E-state index in [2.05, 4.69) is 34.2 Å². The van der Waals surface area contributed by atoms with Crippen molar-refractivity contribution in [2.24, 2.45) is 5.92 Å². The molecule has 0 radical (unpaired) electrons. The van der Waals surface area contributed by atoms with Crippen molar-refractivity contribution in [3.63, 3.8) is 0 Å². The molecule has 0 atom stereocenters. The van der Waals surface area contributed by atoms with E-state index in [0.717, 1.165) is 70.7 Å². The van der Waals surface area contributed by atoms with Gasteiger partial charge in [-0.3, -0.25) is 14.8 Å². The second-order valence-corrected chi connectivity index (χ2v) is 9.48. The fourth-order valence-corrected chi connectivity index (χ4v) is 4.96. The Hall–Kier alpha value is -4.32. The zero-order chi connectivity index (χ0) is 25.6. The lowest BCUT2D eigenvalue weighted by molar-refractivity contribution is -0.131. The van der Waals surface area contributed by atoms with E-state index in [1.165, 1.54) is 6.42 Å². The molecule has 6 heteroatoms. The smallest absolute Gasteiger partial charge is 0.328 e. The van der Waals surface area contributed by atoms with E-state index in [1.807, 2.05) is 47.4 Å². The molecule has 1 fully saturated rings. The van der Waals surface area contributed by atoms with Gasteiger partial charge in [0.25, 0.3) is 0 Å². The van der Waals surface area contributed by atoms with E-state index >= 15 is 0 Å². The molecule has 1 aliphatic rings. The van der Waals surface area contributed by atoms with Crippen LogP contribution in [0.25, 0.3) is 28.2 Å². The number of aromatic nitrogens is 2. The second-order valence-electron chi connectivity index (χ2n) is 9.48. The summed E-state index contributed by atoms with van der Waals surface area (Å²) in [5, 5.41) is 9.01. The molecule has 37 heavy (non-hydrogen) atoms. The van der Waals surface area contributed by atoms with Crippen LogP contribution in [0.2, 0.25) is 0 Å². The van der Waals surface area contributed by atoms with Gasteiger partial charge < -0.3 is 10.0 Å². The minimum atomic E-state index is -1.00. The van der Waals surface area contributed by atoms with Crippen molar-refractivity contribution in [1.29, 1.82) is 0 Å². The molecule has 1 heterocycles. The number of hydrogen-bond donors (Lipinski definition) is 1. The van der Waals surface area contributed by atoms with Gasteiger partial charge in [0.15, 0.2) is 0 Å². The lowest BCUT2D eigenvalue weighted by atomic mass is 9.88. The first kappa shape index (κ1) is 24.4. The topological polar surface area (TPSA) is 83.4 Å². The monoisotopic (exact) mass is 491 g/mol. The fourth-order valence-electron chi connectivity index (χ4n) is 4.96. The van der Waals surface area contributed by atoms with Crippen LogP contribution >= 0.6 is 0 Å². The van der Waals surface area contributed by atoms with Gasteiger partial charge in [0, 0.05) is 30.1 Å². The van der Waals surface area contributed by atoms with Crippen LogP contribution in [0.4, 0.5) is 5.69 Å². The number of carbonyl (C=O) groups is 2. The highest BCUT2D eigenvalue weighted by molar-refractivity contribution is 5.95. The molecule has 0 saturated heterocycles. The summed E-state index contributed by atoms with van der Waals surface area (Å²) in [5.41, 5.74) is 6.40. The number of anilines is 1. The van der Waals surface area contributed by atoms with E-state index in [-0.39, 0.29) is 11.8 Å². The second kappa shape index (κ2) is 11.2. The standard InChI is InChI=1S/C31H29N3O3/c35-30(36)16-11-22-5-4-8-27(19-22)34(31(37)25-6-2-1-3-7-25)21-23-9-12-24(13-10-23)26-14-15-28-29(20-26)33-18-17-32-28/h4-5,8-20,25H,1-3,6-7,21H2,(H,35,36)/b16-11+. The molecule has 3 aromatic carbocycles. The molecule has 1 saturated carbocycles. The molecule has 0 unspecified atom stereocenters. The van der Waals surface area contributed by atoms with Crippen molar-refractivity contribution in [2.75, 3.05) is 4.90 Å². The van der Waals surface area contributed by atoms with Gasteiger partial charge in [-0.1, -0.05) is 61.7 Å². The number of nitrogens with zero attached hydrogens (tertiary/aromatic N) is 3. The van der Waals surface area contributed by atoms with Crippen LogP contribution in [0, 0.1) is 5.92 Å². The van der Waals surface area contributed by atoms with E-state index in [1.54, 1.807) is 18.5 Å². The number of carboxylic acids is 1. The van der Waals surface area contributed by atoms with Crippen LogP contribution in [-0.4, -0.2) is 27.0 Å². The summed E-state index contributed by atoms with van der Waals surface area (Å²) in [7, 11) is 0. The summed E-state index contributed by atoms with van der Waals surface area (Å²) in [6.45, 7) is 0.449. The molecule has 1 N–H and O–H groups in total.